The molecule has 3 fully saturated rings. The highest BCUT2D eigenvalue weighted by Gasteiger charge is 2.40. The molecule has 4 aromatic rings. The summed E-state index contributed by atoms with van der Waals surface area (Å²) in [6, 6.07) is 0. The number of rotatable bonds is 36. The van der Waals surface area contributed by atoms with Crippen LogP contribution in [-0.4, -0.2) is 207 Å². The summed E-state index contributed by atoms with van der Waals surface area (Å²) < 4.78 is 69.8. The van der Waals surface area contributed by atoms with Crippen molar-refractivity contribution in [3.63, 3.8) is 0 Å². The number of anilines is 2. The first-order valence-corrected chi connectivity index (χ1v) is 32.3. The number of nitrogens with one attached hydrogen (secondary N) is 4. The van der Waals surface area contributed by atoms with Gasteiger partial charge in [-0.1, -0.05) is 87.0 Å². The Kier molecular flexibility index (Phi) is 38.2. The third-order valence-corrected chi connectivity index (χ3v) is 14.9. The molecule has 7 heterocycles. The predicted molar refractivity (Wildman–Crippen MR) is 371 cm³/mol. The minimum absolute atomic E-state index is 0.0187. The van der Waals surface area contributed by atoms with Crippen LogP contribution >= 0.6 is 0 Å². The van der Waals surface area contributed by atoms with Gasteiger partial charge in [-0.3, -0.25) is 33.3 Å². The van der Waals surface area contributed by atoms with E-state index in [2.05, 4.69) is 132 Å². The van der Waals surface area contributed by atoms with Gasteiger partial charge in [-0.15, -0.1) is 0 Å². The van der Waals surface area contributed by atoms with Crippen LogP contribution in [0.1, 0.15) is 94.7 Å². The molecule has 0 saturated carbocycles. The van der Waals surface area contributed by atoms with Crippen molar-refractivity contribution in [2.45, 2.75) is 133 Å². The van der Waals surface area contributed by atoms with Crippen molar-refractivity contribution in [3.05, 3.63) is 136 Å². The van der Waals surface area contributed by atoms with Gasteiger partial charge in [0, 0.05) is 88.7 Å². The van der Waals surface area contributed by atoms with Crippen LogP contribution in [0.15, 0.2) is 70.0 Å². The molecule has 3 amide bonds. The first-order valence-electron chi connectivity index (χ1n) is 32.3. The van der Waals surface area contributed by atoms with E-state index in [0.717, 1.165) is 0 Å². The fraction of sp³-hybridized carbons (Fsp3) is 0.610. The standard InChI is InChI=1S/C21H27N11O5.C19H26N10O6.C19H25N9O7/c1-3-17(29-31-24)35-10-16(33)25-6-4-5-13-8-32(21-19(13)20(22)26-11-27-21)18-7-14(36-12-28-30-23)15(37-18)9-34-2;1-3-16(26-28-22)33-10-15(30)23-6-4-5-12-8-29(19(31)25-18(12)20)17-7-13(34-11-24-27-21)14(35-17)9-32-2;1-3-16(25-27-21)33-10-15(29)22-6-4-5-12-8-28(19(31)24-18(12)30)17-7-13(34-11-23-26-20)14(35-17)9-32-2/h8,11,14-15,17-18H,3,6-7,9-10,12H2,1-2H3,(H,25,33)(H2,22,26,27);8,13-14,16-17H,3,6-7,9-11H2,1-2H3,(H,23,30)(H2,20,25,31);8,13-14,16-17H,3,6-7,9-11H2,1-2H3,(H,22,29)(H,24,30,31). The number of hydrogen-bond acceptors (Lipinski definition) is 29. The van der Waals surface area contributed by atoms with Crippen molar-refractivity contribution in [2.24, 2.45) is 30.7 Å². The van der Waals surface area contributed by atoms with E-state index in [-0.39, 0.29) is 121 Å². The Morgan fingerprint density at radius 2 is 0.944 bits per heavy atom. The highest BCUT2D eigenvalue weighted by atomic mass is 16.6. The van der Waals surface area contributed by atoms with E-state index in [1.54, 1.807) is 38.6 Å². The maximum Gasteiger partial charge on any atom is 0.351 e. The third kappa shape index (κ3) is 28.0. The number of amides is 3. The van der Waals surface area contributed by atoms with E-state index in [9.17, 15) is 28.8 Å². The van der Waals surface area contributed by atoms with Crippen LogP contribution in [0.4, 0.5) is 11.6 Å². The number of carbonyl (C=O) groups excluding carboxylic acids is 3. The van der Waals surface area contributed by atoms with Gasteiger partial charge in [-0.05, 0) is 52.4 Å². The molecule has 0 spiro atoms. The van der Waals surface area contributed by atoms with Gasteiger partial charge in [-0.2, -0.15) is 4.98 Å². The number of ether oxygens (including phenoxy) is 12. The zero-order chi connectivity index (χ0) is 77.9. The Morgan fingerprint density at radius 1 is 0.561 bits per heavy atom. The van der Waals surface area contributed by atoms with E-state index < -0.39 is 103 Å². The lowest BCUT2D eigenvalue weighted by Crippen LogP contribution is -2.34. The Labute approximate surface area is 606 Å². The number of nitrogen functional groups attached to an aromatic ring is 2. The molecule has 0 aromatic carbocycles. The predicted octanol–water partition coefficient (Wildman–Crippen LogP) is 3.73. The summed E-state index contributed by atoms with van der Waals surface area (Å²) in [5.41, 5.74) is 61.9. The summed E-state index contributed by atoms with van der Waals surface area (Å²) >= 11 is 0. The SMILES string of the molecule is CCC(N=[N+]=[N-])OCC(=O)NCC#Cc1cn(C2CC(OCN=[N+]=[N-])C(COC)O2)c(=O)[nH]c1=O.CCC(N=[N+]=[N-])OCC(=O)NCC#Cc1cn(C2CC(OCN=[N+]=[N-])C(COC)O2)c(=O)nc1N.CCC(N=[N+]=[N-])OCC(=O)NCC#Cc1cn(C2CC(OCN=[N+]=[N-])C(COC)O2)c2ncnc(N)c12. The van der Waals surface area contributed by atoms with Gasteiger partial charge < -0.3 is 88.8 Å². The van der Waals surface area contributed by atoms with Crippen LogP contribution in [0, 0.1) is 35.5 Å². The van der Waals surface area contributed by atoms with E-state index in [4.69, 9.17) is 101 Å². The summed E-state index contributed by atoms with van der Waals surface area (Å²) in [6.07, 6.45) is 1.07. The number of carbonyl (C=O) groups is 3. The Balaban J connectivity index is 0.000000288. The minimum atomic E-state index is -0.782. The smallest absolute Gasteiger partial charge is 0.351 e. The molecule has 3 aliphatic heterocycles. The maximum atomic E-state index is 12.4. The second-order valence-corrected chi connectivity index (χ2v) is 21.9. The molecular weight excluding hydrogens is 1420 g/mol. The number of methoxy groups -OCH3 is 3. The largest absolute Gasteiger partial charge is 0.383 e. The van der Waals surface area contributed by atoms with E-state index in [0.29, 0.717) is 42.3 Å². The maximum absolute atomic E-state index is 12.4. The molecule has 12 unspecified atom stereocenters. The average Bonchev–Trinajstić information content (AvgIpc) is 1.63. The molecule has 572 valence electrons. The molecule has 0 aliphatic carbocycles. The van der Waals surface area contributed by atoms with Crippen LogP contribution in [-0.2, 0) is 71.2 Å². The molecule has 48 heteroatoms. The highest BCUT2D eigenvalue weighted by Crippen LogP contribution is 2.36. The first-order chi connectivity index (χ1) is 51.9. The summed E-state index contributed by atoms with van der Waals surface area (Å²) in [7, 11) is 4.54. The van der Waals surface area contributed by atoms with Crippen LogP contribution in [0.25, 0.3) is 73.7 Å². The zero-order valence-corrected chi connectivity index (χ0v) is 58.7. The molecule has 8 N–H and O–H groups in total. The molecule has 107 heavy (non-hydrogen) atoms. The third-order valence-electron chi connectivity index (χ3n) is 14.9. The van der Waals surface area contributed by atoms with Gasteiger partial charge in [0.1, 0.15) is 125 Å². The quantitative estimate of drug-likeness (QED) is 0.0163. The van der Waals surface area contributed by atoms with Crippen LogP contribution in [0.3, 0.4) is 0 Å². The molecule has 0 radical (unpaired) electrons. The van der Waals surface area contributed by atoms with Crippen LogP contribution in [0.2, 0.25) is 0 Å². The lowest BCUT2D eigenvalue weighted by atomic mass is 10.2. The molecule has 3 aliphatic rings. The number of aromatic amines is 1. The van der Waals surface area contributed by atoms with E-state index in [1.807, 2.05) is 0 Å². The van der Waals surface area contributed by atoms with Crippen molar-refractivity contribution in [3.8, 4) is 35.5 Å². The number of fused-ring (bicyclic) bond motifs is 1. The fourth-order valence-electron chi connectivity index (χ4n) is 9.93. The van der Waals surface area contributed by atoms with Gasteiger partial charge in [0.05, 0.1) is 74.3 Å². The Morgan fingerprint density at radius 3 is 1.35 bits per heavy atom. The first kappa shape index (κ1) is 85.9. The number of nitrogens with two attached hydrogens (primary N) is 2. The second kappa shape index (κ2) is 47.6. The summed E-state index contributed by atoms with van der Waals surface area (Å²) in [5.74, 6) is 15.4. The minimum Gasteiger partial charge on any atom is -0.383 e. The Hall–Kier alpha value is -11.7. The number of azide groups is 6. The number of aromatic nitrogens is 7. The highest BCUT2D eigenvalue weighted by molar-refractivity contribution is 5.92. The normalized spacial score (nSPS) is 19.5. The van der Waals surface area contributed by atoms with Gasteiger partial charge in [0.25, 0.3) is 5.56 Å². The van der Waals surface area contributed by atoms with Crippen molar-refractivity contribution in [1.82, 2.24) is 49.6 Å². The van der Waals surface area contributed by atoms with Crippen molar-refractivity contribution in [2.75, 3.05) is 112 Å². The van der Waals surface area contributed by atoms with Gasteiger partial charge >= 0.3 is 11.4 Å². The van der Waals surface area contributed by atoms with E-state index >= 15 is 0 Å². The molecule has 12 atom stereocenters. The monoisotopic (exact) mass is 1490 g/mol. The number of hydrogen-bond donors (Lipinski definition) is 6. The lowest BCUT2D eigenvalue weighted by Gasteiger charge is -2.17. The van der Waals surface area contributed by atoms with Crippen LogP contribution in [0.5, 0.6) is 0 Å². The second-order valence-electron chi connectivity index (χ2n) is 21.9. The zero-order valence-electron chi connectivity index (χ0n) is 58.7. The number of H-pyrrole nitrogens is 1. The van der Waals surface area contributed by atoms with E-state index in [1.165, 1.54) is 42.1 Å². The molecule has 7 rings (SSSR count). The van der Waals surface area contributed by atoms with Crippen molar-refractivity contribution in [1.29, 1.82) is 0 Å². The van der Waals surface area contributed by atoms with Gasteiger partial charge in [0.15, 0.2) is 0 Å². The van der Waals surface area contributed by atoms with Gasteiger partial charge in [-0.25, -0.2) is 19.6 Å². The average molecular weight is 1500 g/mol. The fourth-order valence-corrected chi connectivity index (χ4v) is 9.93. The molecular formula is C59H78N30O18. The molecule has 4 aromatic heterocycles. The Bertz CT molecular complexity index is 4330. The summed E-state index contributed by atoms with van der Waals surface area (Å²) in [6.45, 7) is 4.46. The summed E-state index contributed by atoms with van der Waals surface area (Å²) in [5, 5.41) is 28.5. The summed E-state index contributed by atoms with van der Waals surface area (Å²) in [4.78, 5) is 103. The molecule has 48 nitrogen and oxygen atoms in total. The van der Waals surface area contributed by atoms with Crippen LogP contribution < -0.4 is 44.4 Å². The van der Waals surface area contributed by atoms with Gasteiger partial charge in [0.2, 0.25) is 17.7 Å². The lowest BCUT2D eigenvalue weighted by molar-refractivity contribution is -0.128. The molecule has 3 saturated heterocycles. The number of nitrogens with zero attached hydrogens (tertiary/aromatic N) is 24. The van der Waals surface area contributed by atoms with Crippen molar-refractivity contribution >= 4 is 40.4 Å². The molecule has 0 bridgehead atoms. The van der Waals surface area contributed by atoms with Crippen molar-refractivity contribution < 1.29 is 71.2 Å². The topological polar surface area (TPSA) is 663 Å².